The van der Waals surface area contributed by atoms with Crippen LogP contribution in [0.1, 0.15) is 24.3 Å². The summed E-state index contributed by atoms with van der Waals surface area (Å²) >= 11 is 0. The molecule has 2 heterocycles. The van der Waals surface area contributed by atoms with Crippen LogP contribution in [0.2, 0.25) is 0 Å². The molecule has 0 bridgehead atoms. The standard InChI is InChI=1S/C23H28N2O6/c1-5-13-24-14-11-18-16-8-6-7-9-19(16)25(22(28)31-4)23(18,15-24)12-10-17(20(26)29-2)21(27)30-3/h5-10,18H,1,11-15H2,2-4H3/t18-,23-/m0/s1. The minimum absolute atomic E-state index is 0.0108. The number of amides is 1. The highest BCUT2D eigenvalue weighted by molar-refractivity contribution is 6.14. The minimum Gasteiger partial charge on any atom is -0.465 e. The largest absolute Gasteiger partial charge is 0.465 e. The SMILES string of the molecule is C=CCN1CC[C@H]2c3ccccc3N(C(=O)OC)[C@@]2(CC=C(C(=O)OC)C(=O)OC)C1. The van der Waals surface area contributed by atoms with Gasteiger partial charge in [0.15, 0.2) is 0 Å². The van der Waals surface area contributed by atoms with E-state index in [4.69, 9.17) is 14.2 Å². The lowest BCUT2D eigenvalue weighted by atomic mass is 9.74. The second-order valence-corrected chi connectivity index (χ2v) is 7.64. The van der Waals surface area contributed by atoms with Crippen molar-refractivity contribution < 1.29 is 28.6 Å². The van der Waals surface area contributed by atoms with Gasteiger partial charge in [-0.05, 0) is 31.0 Å². The van der Waals surface area contributed by atoms with Gasteiger partial charge >= 0.3 is 18.0 Å². The van der Waals surface area contributed by atoms with E-state index in [0.717, 1.165) is 24.2 Å². The maximum Gasteiger partial charge on any atom is 0.414 e. The molecule has 1 aromatic carbocycles. The van der Waals surface area contributed by atoms with Crippen LogP contribution in [-0.4, -0.2) is 69.4 Å². The Balaban J connectivity index is 2.13. The van der Waals surface area contributed by atoms with Gasteiger partial charge in [0.05, 0.1) is 32.6 Å². The summed E-state index contributed by atoms with van der Waals surface area (Å²) in [5.74, 6) is -1.55. The Labute approximate surface area is 182 Å². The molecular formula is C23H28N2O6. The first-order valence-electron chi connectivity index (χ1n) is 10.1. The van der Waals surface area contributed by atoms with Crippen LogP contribution in [-0.2, 0) is 23.8 Å². The quantitative estimate of drug-likeness (QED) is 0.172. The molecule has 1 aromatic rings. The number of nitrogens with zero attached hydrogens (tertiary/aromatic N) is 2. The van der Waals surface area contributed by atoms with Gasteiger partial charge < -0.3 is 14.2 Å². The number of likely N-dealkylation sites (tertiary alicyclic amines) is 1. The molecule has 1 fully saturated rings. The number of para-hydroxylation sites is 1. The number of carbonyl (C=O) groups excluding carboxylic acids is 3. The number of rotatable bonds is 6. The van der Waals surface area contributed by atoms with Crippen LogP contribution in [0, 0.1) is 0 Å². The van der Waals surface area contributed by atoms with Crippen molar-refractivity contribution in [3.8, 4) is 0 Å². The summed E-state index contributed by atoms with van der Waals surface area (Å²) in [5.41, 5.74) is 0.897. The van der Waals surface area contributed by atoms with Crippen molar-refractivity contribution >= 4 is 23.7 Å². The molecular weight excluding hydrogens is 400 g/mol. The molecule has 3 rings (SSSR count). The fraction of sp³-hybridized carbons (Fsp3) is 0.435. The average Bonchev–Trinajstić information content (AvgIpc) is 3.08. The van der Waals surface area contributed by atoms with Crippen LogP contribution in [0.3, 0.4) is 0 Å². The van der Waals surface area contributed by atoms with Crippen LogP contribution >= 0.6 is 0 Å². The van der Waals surface area contributed by atoms with Crippen LogP contribution in [0.5, 0.6) is 0 Å². The van der Waals surface area contributed by atoms with Crippen LogP contribution in [0.25, 0.3) is 0 Å². The minimum atomic E-state index is -0.779. The molecule has 0 aromatic heterocycles. The van der Waals surface area contributed by atoms with Crippen molar-refractivity contribution in [1.82, 2.24) is 4.90 Å². The normalized spacial score (nSPS) is 22.0. The van der Waals surface area contributed by atoms with Gasteiger partial charge in [-0.3, -0.25) is 9.80 Å². The van der Waals surface area contributed by atoms with Crippen molar-refractivity contribution in [2.45, 2.75) is 24.3 Å². The number of hydrogen-bond donors (Lipinski definition) is 0. The van der Waals surface area contributed by atoms with E-state index in [2.05, 4.69) is 11.5 Å². The number of fused-ring (bicyclic) bond motifs is 3. The van der Waals surface area contributed by atoms with Crippen molar-refractivity contribution in [2.75, 3.05) is 45.9 Å². The van der Waals surface area contributed by atoms with E-state index in [9.17, 15) is 14.4 Å². The predicted octanol–water partition coefficient (Wildman–Crippen LogP) is 2.65. The summed E-state index contributed by atoms with van der Waals surface area (Å²) in [5, 5.41) is 0. The molecule has 2 aliphatic rings. The molecule has 0 unspecified atom stereocenters. The number of methoxy groups -OCH3 is 3. The topological polar surface area (TPSA) is 85.4 Å². The maximum atomic E-state index is 13.0. The Bertz CT molecular complexity index is 893. The molecule has 0 saturated carbocycles. The maximum absolute atomic E-state index is 13.0. The number of carbonyl (C=O) groups is 3. The molecule has 1 amide bonds. The molecule has 2 atom stereocenters. The van der Waals surface area contributed by atoms with E-state index in [1.807, 2.05) is 30.3 Å². The molecule has 31 heavy (non-hydrogen) atoms. The summed E-state index contributed by atoms with van der Waals surface area (Å²) in [6.07, 6.45) is 3.90. The fourth-order valence-electron chi connectivity index (χ4n) is 4.81. The summed E-state index contributed by atoms with van der Waals surface area (Å²) in [4.78, 5) is 41.3. The van der Waals surface area contributed by atoms with Gasteiger partial charge in [0.2, 0.25) is 0 Å². The monoisotopic (exact) mass is 428 g/mol. The van der Waals surface area contributed by atoms with Gasteiger partial charge in [-0.2, -0.15) is 0 Å². The van der Waals surface area contributed by atoms with Crippen molar-refractivity contribution in [2.24, 2.45) is 0 Å². The van der Waals surface area contributed by atoms with E-state index in [1.165, 1.54) is 27.4 Å². The first-order valence-corrected chi connectivity index (χ1v) is 10.1. The van der Waals surface area contributed by atoms with E-state index in [-0.39, 0.29) is 17.9 Å². The van der Waals surface area contributed by atoms with E-state index >= 15 is 0 Å². The molecule has 0 radical (unpaired) electrons. The summed E-state index contributed by atoms with van der Waals surface area (Å²) in [7, 11) is 3.76. The van der Waals surface area contributed by atoms with E-state index < -0.39 is 23.6 Å². The van der Waals surface area contributed by atoms with Crippen molar-refractivity contribution in [3.63, 3.8) is 0 Å². The first-order chi connectivity index (χ1) is 14.9. The highest BCUT2D eigenvalue weighted by atomic mass is 16.5. The van der Waals surface area contributed by atoms with Crippen LogP contribution in [0.15, 0.2) is 48.6 Å². The second kappa shape index (κ2) is 9.34. The molecule has 2 aliphatic heterocycles. The fourth-order valence-corrected chi connectivity index (χ4v) is 4.81. The zero-order valence-corrected chi connectivity index (χ0v) is 18.1. The van der Waals surface area contributed by atoms with Crippen molar-refractivity contribution in [3.05, 3.63) is 54.1 Å². The number of hydrogen-bond acceptors (Lipinski definition) is 7. The highest BCUT2D eigenvalue weighted by Gasteiger charge is 2.56. The number of esters is 2. The van der Waals surface area contributed by atoms with Gasteiger partial charge in [-0.15, -0.1) is 6.58 Å². The van der Waals surface area contributed by atoms with Gasteiger partial charge in [0, 0.05) is 19.0 Å². The first kappa shape index (κ1) is 22.6. The Morgan fingerprint density at radius 3 is 2.42 bits per heavy atom. The third-order valence-electron chi connectivity index (χ3n) is 6.09. The molecule has 8 heteroatoms. The number of ether oxygens (including phenoxy) is 3. The summed E-state index contributed by atoms with van der Waals surface area (Å²) < 4.78 is 14.7. The molecule has 8 nitrogen and oxygen atoms in total. The van der Waals surface area contributed by atoms with Gasteiger partial charge in [-0.25, -0.2) is 14.4 Å². The van der Waals surface area contributed by atoms with Crippen LogP contribution < -0.4 is 4.90 Å². The zero-order valence-electron chi connectivity index (χ0n) is 18.1. The Hall–Kier alpha value is -3.13. The van der Waals surface area contributed by atoms with Gasteiger partial charge in [-0.1, -0.05) is 30.4 Å². The predicted molar refractivity (Wildman–Crippen MR) is 115 cm³/mol. The highest BCUT2D eigenvalue weighted by Crippen LogP contribution is 2.53. The van der Waals surface area contributed by atoms with Crippen molar-refractivity contribution in [1.29, 1.82) is 0 Å². The number of benzene rings is 1. The summed E-state index contributed by atoms with van der Waals surface area (Å²) in [6, 6.07) is 7.75. The lowest BCUT2D eigenvalue weighted by molar-refractivity contribution is -0.144. The zero-order chi connectivity index (χ0) is 22.6. The number of piperidine rings is 1. The molecule has 0 N–H and O–H groups in total. The third kappa shape index (κ3) is 3.95. The molecule has 0 aliphatic carbocycles. The third-order valence-corrected chi connectivity index (χ3v) is 6.09. The average molecular weight is 428 g/mol. The Morgan fingerprint density at radius 1 is 1.13 bits per heavy atom. The van der Waals surface area contributed by atoms with Crippen LogP contribution in [0.4, 0.5) is 10.5 Å². The smallest absolute Gasteiger partial charge is 0.414 e. The van der Waals surface area contributed by atoms with Gasteiger partial charge in [0.1, 0.15) is 5.57 Å². The van der Waals surface area contributed by atoms with E-state index in [0.29, 0.717) is 13.1 Å². The molecule has 166 valence electrons. The Kier molecular flexibility index (Phi) is 6.80. The second-order valence-electron chi connectivity index (χ2n) is 7.64. The summed E-state index contributed by atoms with van der Waals surface area (Å²) in [6.45, 7) is 5.86. The van der Waals surface area contributed by atoms with Gasteiger partial charge in [0.25, 0.3) is 0 Å². The Morgan fingerprint density at radius 2 is 1.81 bits per heavy atom. The number of anilines is 1. The molecule has 0 spiro atoms. The lowest BCUT2D eigenvalue weighted by Gasteiger charge is -2.48. The van der Waals surface area contributed by atoms with E-state index in [1.54, 1.807) is 4.90 Å². The molecule has 1 saturated heterocycles. The lowest BCUT2D eigenvalue weighted by Crippen LogP contribution is -2.61.